The van der Waals surface area contributed by atoms with E-state index in [9.17, 15) is 9.59 Å². The Morgan fingerprint density at radius 1 is 1.15 bits per heavy atom. The van der Waals surface area contributed by atoms with E-state index in [1.54, 1.807) is 16.7 Å². The Labute approximate surface area is 323 Å². The summed E-state index contributed by atoms with van der Waals surface area (Å²) in [6.07, 6.45) is 11.2. The maximum absolute atomic E-state index is 12.8. The summed E-state index contributed by atoms with van der Waals surface area (Å²) in [6.45, 7) is 22.1. The number of nitrogens with zero attached hydrogens (tertiary/aromatic N) is 4. The number of likely N-dealkylation sites (tertiary alicyclic amines) is 1. The summed E-state index contributed by atoms with van der Waals surface area (Å²) in [7, 11) is -1.25. The van der Waals surface area contributed by atoms with E-state index in [1.165, 1.54) is 6.42 Å². The summed E-state index contributed by atoms with van der Waals surface area (Å²) >= 11 is 1.68. The van der Waals surface area contributed by atoms with E-state index in [1.807, 2.05) is 27.0 Å². The van der Waals surface area contributed by atoms with Crippen LogP contribution in [0.25, 0.3) is 22.2 Å². The zero-order valence-corrected chi connectivity index (χ0v) is 35.7. The van der Waals surface area contributed by atoms with Gasteiger partial charge in [-0.1, -0.05) is 71.8 Å². The molecule has 0 aliphatic carbocycles. The summed E-state index contributed by atoms with van der Waals surface area (Å²) in [5.41, 5.74) is 3.50. The molecule has 3 heterocycles. The highest BCUT2D eigenvalue weighted by molar-refractivity contribution is 7.99. The fraction of sp³-hybridized carbons (Fsp3) is 0.659. The summed E-state index contributed by atoms with van der Waals surface area (Å²) in [6, 6.07) is 7.47. The zero-order valence-electron chi connectivity index (χ0n) is 33.9. The van der Waals surface area contributed by atoms with E-state index in [-0.39, 0.29) is 18.1 Å². The van der Waals surface area contributed by atoms with Gasteiger partial charge < -0.3 is 29.0 Å². The number of aryl methyl sites for hydroxylation is 1. The summed E-state index contributed by atoms with van der Waals surface area (Å²) in [5.74, 6) is 1.48. The van der Waals surface area contributed by atoms with E-state index in [0.29, 0.717) is 57.1 Å². The molecule has 0 radical (unpaired) electrons. The first-order valence-corrected chi connectivity index (χ1v) is 24.5. The highest BCUT2D eigenvalue weighted by atomic mass is 32.2. The number of rotatable bonds is 19. The number of esters is 1. The van der Waals surface area contributed by atoms with Gasteiger partial charge in [-0.3, -0.25) is 4.79 Å². The smallest absolute Gasteiger partial charge is 0.410 e. The van der Waals surface area contributed by atoms with E-state index in [4.69, 9.17) is 24.2 Å². The van der Waals surface area contributed by atoms with Crippen molar-refractivity contribution in [3.05, 3.63) is 36.2 Å². The van der Waals surface area contributed by atoms with Gasteiger partial charge in [-0.15, -0.1) is 11.8 Å². The van der Waals surface area contributed by atoms with Gasteiger partial charge in [0.25, 0.3) is 0 Å². The highest BCUT2D eigenvalue weighted by Crippen LogP contribution is 2.38. The van der Waals surface area contributed by atoms with Gasteiger partial charge in [-0.25, -0.2) is 14.8 Å². The first-order valence-electron chi connectivity index (χ1n) is 19.8. The van der Waals surface area contributed by atoms with E-state index in [0.717, 1.165) is 77.2 Å². The van der Waals surface area contributed by atoms with Crippen molar-refractivity contribution in [3.8, 4) is 11.3 Å². The molecule has 1 aliphatic heterocycles. The van der Waals surface area contributed by atoms with Gasteiger partial charge in [0.05, 0.1) is 24.2 Å². The predicted octanol–water partition coefficient (Wildman–Crippen LogP) is 10.0. The molecule has 0 saturated carbocycles. The Bertz CT molecular complexity index is 1640. The number of hydrogen-bond donors (Lipinski definition) is 1. The standard InChI is InChI=1S/C41H65N5O5SSi/c1-10-13-16-30(11-2)28-50-36(47)20-23-52-35-19-14-18-33-34(27-46(38(33)35)29-49-22-24-53(7,8)9)37-31(12-3)25-42-39(44-37)43-32-17-15-21-45(26-32)40(48)51-41(4,5)6/h14,18-19,25,27,30,32H,10-13,15-17,20-24,26,28-29H2,1-9H3,(H,42,43,44)/t30?,32-/m0/s1. The van der Waals surface area contributed by atoms with E-state index in [2.05, 4.69) is 74.7 Å². The average Bonchev–Trinajstić information content (AvgIpc) is 3.48. The fourth-order valence-corrected chi connectivity index (χ4v) is 8.22. The molecule has 10 nitrogen and oxygen atoms in total. The Morgan fingerprint density at radius 3 is 2.64 bits per heavy atom. The lowest BCUT2D eigenvalue weighted by Crippen LogP contribution is -2.47. The highest BCUT2D eigenvalue weighted by Gasteiger charge is 2.28. The molecule has 2 aromatic heterocycles. The molecule has 1 N–H and O–H groups in total. The van der Waals surface area contributed by atoms with Crippen molar-refractivity contribution in [1.29, 1.82) is 0 Å². The summed E-state index contributed by atoms with van der Waals surface area (Å²) in [4.78, 5) is 38.3. The number of ether oxygens (including phenoxy) is 3. The maximum Gasteiger partial charge on any atom is 0.410 e. The molecule has 1 saturated heterocycles. The molecule has 53 heavy (non-hydrogen) atoms. The number of hydrogen-bond acceptors (Lipinski definition) is 9. The van der Waals surface area contributed by atoms with Crippen LogP contribution in [0, 0.1) is 5.92 Å². The van der Waals surface area contributed by atoms with Gasteiger partial charge in [0, 0.05) is 67.8 Å². The summed E-state index contributed by atoms with van der Waals surface area (Å²) < 4.78 is 19.9. The molecule has 1 amide bonds. The van der Waals surface area contributed by atoms with Crippen LogP contribution >= 0.6 is 11.8 Å². The Morgan fingerprint density at radius 2 is 1.94 bits per heavy atom. The van der Waals surface area contributed by atoms with Crippen molar-refractivity contribution < 1.29 is 23.8 Å². The molecule has 3 aromatic rings. The van der Waals surface area contributed by atoms with Crippen LogP contribution in [-0.4, -0.2) is 83.3 Å². The third-order valence-electron chi connectivity index (χ3n) is 9.58. The minimum absolute atomic E-state index is 0.0107. The largest absolute Gasteiger partial charge is 0.465 e. The Kier molecular flexibility index (Phi) is 16.1. The number of carbonyl (C=O) groups is 2. The third kappa shape index (κ3) is 13.3. The number of carbonyl (C=O) groups excluding carboxylic acids is 2. The van der Waals surface area contributed by atoms with Gasteiger partial charge in [0.1, 0.15) is 12.3 Å². The van der Waals surface area contributed by atoms with Crippen molar-refractivity contribution in [2.45, 2.75) is 142 Å². The van der Waals surface area contributed by atoms with E-state index < -0.39 is 13.7 Å². The van der Waals surface area contributed by atoms with Crippen molar-refractivity contribution in [2.75, 3.05) is 37.4 Å². The van der Waals surface area contributed by atoms with Crippen LogP contribution in [0.2, 0.25) is 25.7 Å². The minimum Gasteiger partial charge on any atom is -0.465 e. The van der Waals surface area contributed by atoms with Gasteiger partial charge in [0.2, 0.25) is 5.95 Å². The Hall–Kier alpha value is -3.09. The van der Waals surface area contributed by atoms with Crippen molar-refractivity contribution >= 4 is 48.7 Å². The number of unbranched alkanes of at least 4 members (excludes halogenated alkanes) is 1. The maximum atomic E-state index is 12.8. The lowest BCUT2D eigenvalue weighted by atomic mass is 10.0. The second-order valence-electron chi connectivity index (χ2n) is 16.5. The molecule has 0 spiro atoms. The van der Waals surface area contributed by atoms with Crippen LogP contribution in [0.3, 0.4) is 0 Å². The second kappa shape index (κ2) is 20.0. The normalized spacial score (nSPS) is 15.8. The number of amides is 1. The van der Waals surface area contributed by atoms with Gasteiger partial charge >= 0.3 is 12.1 Å². The monoisotopic (exact) mass is 767 g/mol. The first-order chi connectivity index (χ1) is 25.2. The number of piperidine rings is 1. The molecule has 294 valence electrons. The molecule has 2 atom stereocenters. The number of thioether (sulfide) groups is 1. The molecule has 1 aromatic carbocycles. The molecule has 12 heteroatoms. The van der Waals surface area contributed by atoms with E-state index >= 15 is 0 Å². The third-order valence-corrected chi connectivity index (χ3v) is 12.3. The van der Waals surface area contributed by atoms with Crippen LogP contribution in [0.1, 0.15) is 92.1 Å². The molecule has 1 aliphatic rings. The number of para-hydroxylation sites is 1. The SMILES string of the molecule is CCCCC(CC)COC(=O)CCSc1cccc2c(-c3nc(N[C@H]4CCCN(C(=O)OC(C)(C)C)C4)ncc3CC)cn(COCC[Si](C)(C)C)c12. The number of nitrogens with one attached hydrogen (secondary N) is 1. The van der Waals surface area contributed by atoms with Crippen LogP contribution in [0.15, 0.2) is 35.5 Å². The van der Waals surface area contributed by atoms with Crippen molar-refractivity contribution in [1.82, 2.24) is 19.4 Å². The van der Waals surface area contributed by atoms with Crippen molar-refractivity contribution in [3.63, 3.8) is 0 Å². The number of benzene rings is 1. The van der Waals surface area contributed by atoms with Crippen LogP contribution < -0.4 is 5.32 Å². The molecule has 4 rings (SSSR count). The van der Waals surface area contributed by atoms with Crippen LogP contribution in [0.5, 0.6) is 0 Å². The second-order valence-corrected chi connectivity index (χ2v) is 23.3. The Balaban J connectivity index is 1.57. The lowest BCUT2D eigenvalue weighted by Gasteiger charge is -2.34. The number of anilines is 1. The zero-order chi connectivity index (χ0) is 38.6. The molecular formula is C41H65N5O5SSi. The van der Waals surface area contributed by atoms with Gasteiger partial charge in [-0.2, -0.15) is 0 Å². The van der Waals surface area contributed by atoms with Crippen LogP contribution in [-0.2, 0) is 32.2 Å². The number of aromatic nitrogens is 3. The van der Waals surface area contributed by atoms with Crippen LogP contribution in [0.4, 0.5) is 10.7 Å². The average molecular weight is 768 g/mol. The molecule has 1 unspecified atom stereocenters. The molecular weight excluding hydrogens is 703 g/mol. The summed E-state index contributed by atoms with van der Waals surface area (Å²) in [5, 5.41) is 4.62. The predicted molar refractivity (Wildman–Crippen MR) is 221 cm³/mol. The quantitative estimate of drug-likeness (QED) is 0.0552. The topological polar surface area (TPSA) is 108 Å². The molecule has 1 fully saturated rings. The lowest BCUT2D eigenvalue weighted by molar-refractivity contribution is -0.144. The first kappa shape index (κ1) is 42.6. The minimum atomic E-state index is -1.25. The molecule has 0 bridgehead atoms. The fourth-order valence-electron chi connectivity index (χ4n) is 6.44. The van der Waals surface area contributed by atoms with Gasteiger partial charge in [0.15, 0.2) is 0 Å². The number of fused-ring (bicyclic) bond motifs is 1. The van der Waals surface area contributed by atoms with Gasteiger partial charge in [-0.05, 0) is 70.0 Å². The van der Waals surface area contributed by atoms with Crippen molar-refractivity contribution in [2.24, 2.45) is 5.92 Å².